The van der Waals surface area contributed by atoms with Crippen molar-refractivity contribution in [3.8, 4) is 0 Å². The number of aryl methyl sites for hydroxylation is 1. The van der Waals surface area contributed by atoms with Crippen molar-refractivity contribution in [2.24, 2.45) is 5.92 Å². The Bertz CT molecular complexity index is 755. The molecule has 2 fully saturated rings. The van der Waals surface area contributed by atoms with Crippen molar-refractivity contribution in [3.05, 3.63) is 23.8 Å². The quantitative estimate of drug-likeness (QED) is 0.859. The third-order valence-electron chi connectivity index (χ3n) is 6.06. The summed E-state index contributed by atoms with van der Waals surface area (Å²) in [5.74, 6) is 0.193. The molecule has 6 heteroatoms. The lowest BCUT2D eigenvalue weighted by molar-refractivity contribution is -0.141. The molecule has 1 saturated carbocycles. The van der Waals surface area contributed by atoms with E-state index in [2.05, 4.69) is 10.6 Å². The molecule has 1 unspecified atom stereocenters. The molecule has 3 aliphatic rings. The van der Waals surface area contributed by atoms with Crippen LogP contribution in [0.3, 0.4) is 0 Å². The minimum absolute atomic E-state index is 0.0297. The topological polar surface area (TPSA) is 78.5 Å². The standard InChI is InChI=1S/C21H27N3O3/c25-19-11-8-15-13-16(9-10-17(15)23-19)22-20(26)18-7-4-12-24(18)21(27)14-5-2-1-3-6-14/h9-10,13-14,18H,1-8,11-12H2,(H,22,26)(H,23,25). The summed E-state index contributed by atoms with van der Waals surface area (Å²) in [6.07, 6.45) is 8.13. The second kappa shape index (κ2) is 7.71. The number of rotatable bonds is 3. The van der Waals surface area contributed by atoms with Crippen LogP contribution in [0.1, 0.15) is 56.9 Å². The summed E-state index contributed by atoms with van der Waals surface area (Å²) in [6.45, 7) is 0.684. The van der Waals surface area contributed by atoms with Gasteiger partial charge in [-0.2, -0.15) is 0 Å². The maximum atomic E-state index is 12.9. The highest BCUT2D eigenvalue weighted by Crippen LogP contribution is 2.30. The van der Waals surface area contributed by atoms with E-state index >= 15 is 0 Å². The van der Waals surface area contributed by atoms with Gasteiger partial charge in [-0.1, -0.05) is 19.3 Å². The lowest BCUT2D eigenvalue weighted by Gasteiger charge is -2.30. The van der Waals surface area contributed by atoms with Gasteiger partial charge in [0.25, 0.3) is 0 Å². The van der Waals surface area contributed by atoms with Crippen LogP contribution in [-0.2, 0) is 20.8 Å². The van der Waals surface area contributed by atoms with E-state index in [-0.39, 0.29) is 29.7 Å². The van der Waals surface area contributed by atoms with E-state index in [1.807, 2.05) is 23.1 Å². The molecule has 2 aliphatic heterocycles. The van der Waals surface area contributed by atoms with Gasteiger partial charge in [-0.25, -0.2) is 0 Å². The summed E-state index contributed by atoms with van der Waals surface area (Å²) in [5.41, 5.74) is 2.58. The number of hydrogen-bond acceptors (Lipinski definition) is 3. The van der Waals surface area contributed by atoms with Crippen LogP contribution in [-0.4, -0.2) is 35.2 Å². The molecular weight excluding hydrogens is 342 g/mol. The monoisotopic (exact) mass is 369 g/mol. The van der Waals surface area contributed by atoms with Gasteiger partial charge in [0.05, 0.1) is 0 Å². The van der Waals surface area contributed by atoms with Gasteiger partial charge >= 0.3 is 0 Å². The molecule has 3 amide bonds. The lowest BCUT2D eigenvalue weighted by atomic mass is 9.88. The first kappa shape index (κ1) is 18.0. The second-order valence-corrected chi connectivity index (χ2v) is 7.93. The molecule has 1 aromatic rings. The fourth-order valence-corrected chi connectivity index (χ4v) is 4.57. The molecule has 0 aromatic heterocycles. The van der Waals surface area contributed by atoms with Crippen LogP contribution in [0.4, 0.5) is 11.4 Å². The number of carbonyl (C=O) groups excluding carboxylic acids is 3. The van der Waals surface area contributed by atoms with Gasteiger partial charge in [-0.15, -0.1) is 0 Å². The SMILES string of the molecule is O=C1CCc2cc(NC(=O)C3CCCN3C(=O)C3CCCCC3)ccc2N1. The molecule has 0 bridgehead atoms. The minimum Gasteiger partial charge on any atom is -0.330 e. The van der Waals surface area contributed by atoms with E-state index in [4.69, 9.17) is 0 Å². The molecule has 4 rings (SSSR count). The van der Waals surface area contributed by atoms with Crippen molar-refractivity contribution in [1.82, 2.24) is 4.90 Å². The largest absolute Gasteiger partial charge is 0.330 e. The normalized spacial score (nSPS) is 22.9. The Morgan fingerprint density at radius 2 is 1.85 bits per heavy atom. The molecule has 6 nitrogen and oxygen atoms in total. The smallest absolute Gasteiger partial charge is 0.247 e. The summed E-state index contributed by atoms with van der Waals surface area (Å²) >= 11 is 0. The number of nitrogens with one attached hydrogen (secondary N) is 2. The van der Waals surface area contributed by atoms with Crippen LogP contribution in [0.15, 0.2) is 18.2 Å². The van der Waals surface area contributed by atoms with Crippen molar-refractivity contribution in [2.75, 3.05) is 17.2 Å². The van der Waals surface area contributed by atoms with E-state index in [9.17, 15) is 14.4 Å². The predicted molar refractivity (Wildman–Crippen MR) is 103 cm³/mol. The highest BCUT2D eigenvalue weighted by Gasteiger charge is 2.37. The Balaban J connectivity index is 1.42. The Hall–Kier alpha value is -2.37. The lowest BCUT2D eigenvalue weighted by Crippen LogP contribution is -2.46. The second-order valence-electron chi connectivity index (χ2n) is 7.93. The van der Waals surface area contributed by atoms with E-state index < -0.39 is 0 Å². The van der Waals surface area contributed by atoms with E-state index in [1.54, 1.807) is 0 Å². The molecule has 1 aromatic carbocycles. The molecule has 2 N–H and O–H groups in total. The van der Waals surface area contributed by atoms with Crippen LogP contribution in [0, 0.1) is 5.92 Å². The minimum atomic E-state index is -0.366. The van der Waals surface area contributed by atoms with Crippen LogP contribution >= 0.6 is 0 Å². The van der Waals surface area contributed by atoms with Gasteiger partial charge in [0, 0.05) is 30.3 Å². The molecule has 1 saturated heterocycles. The van der Waals surface area contributed by atoms with Crippen molar-refractivity contribution in [1.29, 1.82) is 0 Å². The third-order valence-corrected chi connectivity index (χ3v) is 6.06. The average molecular weight is 369 g/mol. The third kappa shape index (κ3) is 3.84. The molecule has 27 heavy (non-hydrogen) atoms. The van der Waals surface area contributed by atoms with Crippen molar-refractivity contribution < 1.29 is 14.4 Å². The molecular formula is C21H27N3O3. The highest BCUT2D eigenvalue weighted by molar-refractivity contribution is 5.99. The van der Waals surface area contributed by atoms with Gasteiger partial charge in [-0.05, 0) is 55.9 Å². The Labute approximate surface area is 159 Å². The molecule has 0 spiro atoms. The highest BCUT2D eigenvalue weighted by atomic mass is 16.2. The Kier molecular flexibility index (Phi) is 5.14. The van der Waals surface area contributed by atoms with Crippen LogP contribution in [0.5, 0.6) is 0 Å². The summed E-state index contributed by atoms with van der Waals surface area (Å²) in [7, 11) is 0. The first-order valence-corrected chi connectivity index (χ1v) is 10.2. The van der Waals surface area contributed by atoms with Gasteiger partial charge in [0.2, 0.25) is 17.7 Å². The zero-order chi connectivity index (χ0) is 18.8. The number of hydrogen-bond donors (Lipinski definition) is 2. The van der Waals surface area contributed by atoms with Crippen LogP contribution in [0.25, 0.3) is 0 Å². The number of anilines is 2. The summed E-state index contributed by atoms with van der Waals surface area (Å²) in [6, 6.07) is 5.20. The van der Waals surface area contributed by atoms with Crippen molar-refractivity contribution in [3.63, 3.8) is 0 Å². The average Bonchev–Trinajstić information content (AvgIpc) is 3.18. The first-order valence-electron chi connectivity index (χ1n) is 10.2. The number of benzene rings is 1. The fraction of sp³-hybridized carbons (Fsp3) is 0.571. The predicted octanol–water partition coefficient (Wildman–Crippen LogP) is 3.08. The van der Waals surface area contributed by atoms with Gasteiger partial charge in [-0.3, -0.25) is 14.4 Å². The molecule has 1 aliphatic carbocycles. The summed E-state index contributed by atoms with van der Waals surface area (Å²) < 4.78 is 0. The fourth-order valence-electron chi connectivity index (χ4n) is 4.57. The van der Waals surface area contributed by atoms with E-state index in [0.29, 0.717) is 19.4 Å². The number of nitrogens with zero attached hydrogens (tertiary/aromatic N) is 1. The number of amides is 3. The van der Waals surface area contributed by atoms with Gasteiger partial charge in [0.15, 0.2) is 0 Å². The zero-order valence-corrected chi connectivity index (χ0v) is 15.6. The van der Waals surface area contributed by atoms with E-state index in [1.165, 1.54) is 6.42 Å². The van der Waals surface area contributed by atoms with Crippen molar-refractivity contribution >= 4 is 29.1 Å². The van der Waals surface area contributed by atoms with Gasteiger partial charge < -0.3 is 15.5 Å². The Morgan fingerprint density at radius 3 is 2.67 bits per heavy atom. The maximum Gasteiger partial charge on any atom is 0.247 e. The molecule has 0 radical (unpaired) electrons. The van der Waals surface area contributed by atoms with E-state index in [0.717, 1.165) is 55.5 Å². The molecule has 144 valence electrons. The van der Waals surface area contributed by atoms with Gasteiger partial charge in [0.1, 0.15) is 6.04 Å². The Morgan fingerprint density at radius 1 is 1.04 bits per heavy atom. The maximum absolute atomic E-state index is 12.9. The van der Waals surface area contributed by atoms with Crippen molar-refractivity contribution in [2.45, 2.75) is 63.8 Å². The van der Waals surface area contributed by atoms with Crippen LogP contribution < -0.4 is 10.6 Å². The summed E-state index contributed by atoms with van der Waals surface area (Å²) in [4.78, 5) is 39.0. The zero-order valence-electron chi connectivity index (χ0n) is 15.6. The summed E-state index contributed by atoms with van der Waals surface area (Å²) in [5, 5.41) is 5.84. The van der Waals surface area contributed by atoms with Crippen LogP contribution in [0.2, 0.25) is 0 Å². The first-order chi connectivity index (χ1) is 13.1. The number of carbonyl (C=O) groups is 3. The number of likely N-dealkylation sites (tertiary alicyclic amines) is 1. The molecule has 1 atom stereocenters. The molecule has 2 heterocycles. The number of fused-ring (bicyclic) bond motifs is 1.